The molecule has 31 heavy (non-hydrogen) atoms. The van der Waals surface area contributed by atoms with Gasteiger partial charge in [0, 0.05) is 30.1 Å². The second-order valence-electron chi connectivity index (χ2n) is 7.71. The summed E-state index contributed by atoms with van der Waals surface area (Å²) < 4.78 is 14.0. The van der Waals surface area contributed by atoms with Crippen molar-refractivity contribution in [2.75, 3.05) is 6.54 Å². The topological polar surface area (TPSA) is 84.7 Å². The second-order valence-corrected chi connectivity index (χ2v) is 7.71. The molecule has 2 aromatic carbocycles. The lowest BCUT2D eigenvalue weighted by Gasteiger charge is -2.34. The van der Waals surface area contributed by atoms with Crippen LogP contribution in [-0.4, -0.2) is 38.1 Å². The minimum absolute atomic E-state index is 0.0168. The number of carbonyl (C=O) groups is 1. The number of nitrogens with zero attached hydrogens (tertiary/aromatic N) is 3. The van der Waals surface area contributed by atoms with Crippen LogP contribution in [0.15, 0.2) is 53.3 Å². The summed E-state index contributed by atoms with van der Waals surface area (Å²) >= 11 is 0. The van der Waals surface area contributed by atoms with Crippen LogP contribution < -0.4 is 10.5 Å². The van der Waals surface area contributed by atoms with Crippen LogP contribution in [0, 0.1) is 0 Å². The molecule has 1 aromatic heterocycles. The maximum absolute atomic E-state index is 12.9. The van der Waals surface area contributed by atoms with Gasteiger partial charge in [0.1, 0.15) is 5.82 Å². The first-order valence-corrected chi connectivity index (χ1v) is 10.0. The average Bonchev–Trinajstić information content (AvgIpc) is 2.77. The van der Waals surface area contributed by atoms with Crippen LogP contribution >= 0.6 is 0 Å². The van der Waals surface area contributed by atoms with Gasteiger partial charge in [0.25, 0.3) is 5.91 Å². The number of rotatable bonds is 5. The van der Waals surface area contributed by atoms with Gasteiger partial charge in [0.2, 0.25) is 5.75 Å². The van der Waals surface area contributed by atoms with Gasteiger partial charge in [-0.3, -0.25) is 14.5 Å². The van der Waals surface area contributed by atoms with Gasteiger partial charge in [-0.05, 0) is 42.7 Å². The summed E-state index contributed by atoms with van der Waals surface area (Å²) in [6, 6.07) is 14.1. The number of aromatic nitrogens is 2. The fraction of sp³-hybridized carbons (Fsp3) is 0.261. The predicted octanol–water partition coefficient (Wildman–Crippen LogP) is 3.33. The summed E-state index contributed by atoms with van der Waals surface area (Å²) in [6.45, 7) is 4.67. The fourth-order valence-corrected chi connectivity index (χ4v) is 3.93. The number of benzene rings is 2. The molecule has 4 rings (SSSR count). The monoisotopic (exact) mass is 423 g/mol. The Morgan fingerprint density at radius 2 is 1.81 bits per heavy atom. The number of fused-ring (bicyclic) bond motifs is 1. The number of amides is 1. The minimum Gasteiger partial charge on any atom is -0.501 e. The Morgan fingerprint density at radius 1 is 1.10 bits per heavy atom. The summed E-state index contributed by atoms with van der Waals surface area (Å²) in [5.41, 5.74) is 1.77. The van der Waals surface area contributed by atoms with Gasteiger partial charge in [-0.25, -0.2) is 0 Å². The molecule has 0 radical (unpaired) electrons. The molecule has 0 aliphatic carbocycles. The molecule has 0 saturated heterocycles. The minimum atomic E-state index is -0.817. The number of hydrogen-bond donors (Lipinski definition) is 1. The van der Waals surface area contributed by atoms with Crippen LogP contribution in [0.2, 0.25) is 0 Å². The fourth-order valence-electron chi connectivity index (χ4n) is 3.93. The molecule has 0 fully saturated rings. The zero-order chi connectivity index (χ0) is 22.1. The lowest BCUT2D eigenvalue weighted by atomic mass is 9.97. The first-order chi connectivity index (χ1) is 14.9. The van der Waals surface area contributed by atoms with E-state index in [1.54, 1.807) is 21.6 Å². The second kappa shape index (κ2) is 8.22. The number of aromatic hydroxyl groups is 1. The van der Waals surface area contributed by atoms with Crippen molar-refractivity contribution in [1.29, 1.82) is 0 Å². The van der Waals surface area contributed by atoms with Crippen LogP contribution in [0.5, 0.6) is 11.5 Å². The largest absolute Gasteiger partial charge is 0.501 e. The summed E-state index contributed by atoms with van der Waals surface area (Å²) in [6.07, 6.45) is 0.287. The zero-order valence-corrected chi connectivity index (χ0v) is 17.2. The van der Waals surface area contributed by atoms with E-state index in [0.717, 1.165) is 16.7 Å². The smallest absolute Gasteiger partial charge is 0.315 e. The standard InChI is InChI=1S/C23H22FN3O4/c1-14(2)26-11-12-27-19(25-22(29)21(28)20(27)23(26)30)13-16-5-3-4-6-18(16)15-7-9-17(31-24)10-8-15/h3-10,14,28H,11-13H2,1-2H3. The van der Waals surface area contributed by atoms with Crippen molar-refractivity contribution in [1.82, 2.24) is 14.5 Å². The van der Waals surface area contributed by atoms with Crippen molar-refractivity contribution in [2.45, 2.75) is 32.9 Å². The van der Waals surface area contributed by atoms with E-state index in [-0.39, 0.29) is 29.8 Å². The summed E-state index contributed by atoms with van der Waals surface area (Å²) in [5.74, 6) is -0.482. The summed E-state index contributed by atoms with van der Waals surface area (Å²) in [4.78, 5) is 34.7. The molecule has 1 amide bonds. The van der Waals surface area contributed by atoms with E-state index in [0.29, 0.717) is 18.9 Å². The lowest BCUT2D eigenvalue weighted by molar-refractivity contribution is -0.00618. The van der Waals surface area contributed by atoms with Crippen LogP contribution in [0.3, 0.4) is 0 Å². The molecule has 7 nitrogen and oxygen atoms in total. The van der Waals surface area contributed by atoms with Crippen LogP contribution in [0.4, 0.5) is 4.53 Å². The third kappa shape index (κ3) is 3.76. The maximum atomic E-state index is 12.9. The van der Waals surface area contributed by atoms with Gasteiger partial charge >= 0.3 is 5.56 Å². The molecule has 1 aliphatic heterocycles. The van der Waals surface area contributed by atoms with E-state index in [2.05, 4.69) is 9.93 Å². The Kier molecular flexibility index (Phi) is 5.46. The Labute approximate surface area is 178 Å². The highest BCUT2D eigenvalue weighted by atomic mass is 19.3. The number of carbonyl (C=O) groups excluding carboxylic acids is 1. The van der Waals surface area contributed by atoms with Crippen LogP contribution in [-0.2, 0) is 13.0 Å². The Morgan fingerprint density at radius 3 is 2.48 bits per heavy atom. The normalized spacial score (nSPS) is 13.4. The Bertz CT molecular complexity index is 1190. The first kappa shape index (κ1) is 20.6. The molecule has 0 unspecified atom stereocenters. The van der Waals surface area contributed by atoms with Gasteiger partial charge in [0.15, 0.2) is 11.4 Å². The quantitative estimate of drug-likeness (QED) is 0.681. The van der Waals surface area contributed by atoms with Gasteiger partial charge in [0.05, 0.1) is 0 Å². The van der Waals surface area contributed by atoms with E-state index in [1.165, 1.54) is 12.1 Å². The van der Waals surface area contributed by atoms with Crippen molar-refractivity contribution in [3.05, 3.63) is 76.0 Å². The third-order valence-electron chi connectivity index (χ3n) is 5.51. The highest BCUT2D eigenvalue weighted by Gasteiger charge is 2.32. The van der Waals surface area contributed by atoms with Crippen LogP contribution in [0.25, 0.3) is 11.1 Å². The Hall–Kier alpha value is -3.68. The van der Waals surface area contributed by atoms with Crippen molar-refractivity contribution in [3.63, 3.8) is 0 Å². The molecule has 1 aliphatic rings. The van der Waals surface area contributed by atoms with E-state index in [9.17, 15) is 19.2 Å². The number of hydrogen-bond acceptors (Lipinski definition) is 5. The molecule has 0 atom stereocenters. The average molecular weight is 423 g/mol. The highest BCUT2D eigenvalue weighted by Crippen LogP contribution is 2.29. The molecule has 160 valence electrons. The molecule has 1 N–H and O–H groups in total. The third-order valence-corrected chi connectivity index (χ3v) is 5.51. The Balaban J connectivity index is 1.78. The van der Waals surface area contributed by atoms with Crippen molar-refractivity contribution in [3.8, 4) is 22.6 Å². The zero-order valence-electron chi connectivity index (χ0n) is 17.2. The molecule has 2 heterocycles. The van der Waals surface area contributed by atoms with E-state index >= 15 is 0 Å². The first-order valence-electron chi connectivity index (χ1n) is 10.0. The maximum Gasteiger partial charge on any atom is 0.315 e. The molecule has 8 heteroatoms. The van der Waals surface area contributed by atoms with Crippen LogP contribution in [0.1, 0.15) is 35.7 Å². The summed E-state index contributed by atoms with van der Waals surface area (Å²) in [5, 5.41) is 10.3. The van der Waals surface area contributed by atoms with Gasteiger partial charge in [-0.15, -0.1) is 0 Å². The molecule has 0 saturated carbocycles. The lowest BCUT2D eigenvalue weighted by Crippen LogP contribution is -2.46. The molecule has 0 bridgehead atoms. The van der Waals surface area contributed by atoms with Gasteiger partial charge < -0.3 is 14.6 Å². The van der Waals surface area contributed by atoms with E-state index in [1.807, 2.05) is 38.1 Å². The van der Waals surface area contributed by atoms with Crippen molar-refractivity contribution < 1.29 is 19.4 Å². The SMILES string of the molecule is CC(C)N1CCn2c(Cc3ccccc3-c3ccc(OF)cc3)nc(=O)c(O)c2C1=O. The van der Waals surface area contributed by atoms with Gasteiger partial charge in [-0.2, -0.15) is 4.98 Å². The molecule has 0 spiro atoms. The van der Waals surface area contributed by atoms with Gasteiger partial charge in [-0.1, -0.05) is 36.4 Å². The number of halogens is 1. The highest BCUT2D eigenvalue weighted by molar-refractivity contribution is 5.95. The van der Waals surface area contributed by atoms with Crippen molar-refractivity contribution in [2.24, 2.45) is 0 Å². The van der Waals surface area contributed by atoms with Crippen molar-refractivity contribution >= 4 is 5.91 Å². The van der Waals surface area contributed by atoms with E-state index < -0.39 is 11.3 Å². The predicted molar refractivity (Wildman–Crippen MR) is 113 cm³/mol. The van der Waals surface area contributed by atoms with E-state index in [4.69, 9.17) is 0 Å². The molecular formula is C23H22FN3O4. The molecule has 3 aromatic rings. The molecular weight excluding hydrogens is 401 g/mol. The summed E-state index contributed by atoms with van der Waals surface area (Å²) in [7, 11) is 0.